The van der Waals surface area contributed by atoms with Crippen LogP contribution in [0.1, 0.15) is 16.8 Å². The van der Waals surface area contributed by atoms with Gasteiger partial charge in [-0.05, 0) is 42.8 Å². The van der Waals surface area contributed by atoms with Gasteiger partial charge in [0.15, 0.2) is 0 Å². The van der Waals surface area contributed by atoms with E-state index < -0.39 is 0 Å². The van der Waals surface area contributed by atoms with Gasteiger partial charge in [0.25, 0.3) is 5.91 Å². The number of nitrogens with zero attached hydrogens (tertiary/aromatic N) is 2. The average Bonchev–Trinajstić information content (AvgIpc) is 2.89. The molecule has 0 saturated carbocycles. The third kappa shape index (κ3) is 5.21. The number of ether oxygens (including phenoxy) is 1. The van der Waals surface area contributed by atoms with Crippen molar-refractivity contribution in [3.05, 3.63) is 65.2 Å². The third-order valence-electron chi connectivity index (χ3n) is 4.39. The number of benzene rings is 2. The molecule has 1 aliphatic rings. The largest absolute Gasteiger partial charge is 0.492 e. The highest BCUT2D eigenvalue weighted by Crippen LogP contribution is 2.15. The van der Waals surface area contributed by atoms with Crippen molar-refractivity contribution in [1.29, 1.82) is 0 Å². The zero-order valence-electron chi connectivity index (χ0n) is 14.2. The zero-order valence-corrected chi connectivity index (χ0v) is 15.0. The molecule has 0 bridgehead atoms. The Hall–Kier alpha value is -2.04. The number of carbonyl (C=O) groups is 1. The molecule has 0 aliphatic carbocycles. The Kier molecular flexibility index (Phi) is 6.31. The lowest BCUT2D eigenvalue weighted by Crippen LogP contribution is -2.36. The van der Waals surface area contributed by atoms with Crippen LogP contribution >= 0.6 is 11.6 Å². The molecule has 3 rings (SSSR count). The Morgan fingerprint density at radius 2 is 1.72 bits per heavy atom. The second kappa shape index (κ2) is 8.88. The normalized spacial score (nSPS) is 15.6. The van der Waals surface area contributed by atoms with Crippen molar-refractivity contribution < 1.29 is 9.53 Å². The van der Waals surface area contributed by atoms with E-state index in [0.717, 1.165) is 50.5 Å². The van der Waals surface area contributed by atoms with Gasteiger partial charge in [-0.1, -0.05) is 29.8 Å². The van der Waals surface area contributed by atoms with E-state index in [0.29, 0.717) is 11.6 Å². The Bertz CT molecular complexity index is 676. The first-order chi connectivity index (χ1) is 12.2. The van der Waals surface area contributed by atoms with Gasteiger partial charge in [-0.25, -0.2) is 0 Å². The maximum absolute atomic E-state index is 12.6. The van der Waals surface area contributed by atoms with Gasteiger partial charge in [0, 0.05) is 43.3 Å². The molecule has 0 radical (unpaired) electrons. The van der Waals surface area contributed by atoms with Gasteiger partial charge in [0.2, 0.25) is 0 Å². The summed E-state index contributed by atoms with van der Waals surface area (Å²) in [4.78, 5) is 16.9. The fraction of sp³-hybridized carbons (Fsp3) is 0.350. The van der Waals surface area contributed by atoms with E-state index in [4.69, 9.17) is 16.3 Å². The van der Waals surface area contributed by atoms with E-state index in [-0.39, 0.29) is 5.91 Å². The molecule has 0 spiro atoms. The van der Waals surface area contributed by atoms with Crippen LogP contribution in [0.2, 0.25) is 5.02 Å². The summed E-state index contributed by atoms with van der Waals surface area (Å²) in [6, 6.07) is 16.9. The van der Waals surface area contributed by atoms with Gasteiger partial charge in [0.1, 0.15) is 12.4 Å². The second-order valence-corrected chi connectivity index (χ2v) is 6.59. The number of amides is 1. The molecular weight excluding hydrogens is 336 g/mol. The summed E-state index contributed by atoms with van der Waals surface area (Å²) in [6.07, 6.45) is 0.986. The van der Waals surface area contributed by atoms with E-state index in [1.54, 1.807) is 0 Å². The quantitative estimate of drug-likeness (QED) is 0.819. The molecule has 1 fully saturated rings. The van der Waals surface area contributed by atoms with Gasteiger partial charge in [0.05, 0.1) is 0 Å². The molecular formula is C20H23ClN2O2. The Morgan fingerprint density at radius 1 is 0.960 bits per heavy atom. The first-order valence-electron chi connectivity index (χ1n) is 8.67. The van der Waals surface area contributed by atoms with Crippen molar-refractivity contribution >= 4 is 17.5 Å². The van der Waals surface area contributed by atoms with Crippen molar-refractivity contribution in [1.82, 2.24) is 9.80 Å². The number of rotatable bonds is 5. The van der Waals surface area contributed by atoms with Gasteiger partial charge in [-0.3, -0.25) is 9.69 Å². The van der Waals surface area contributed by atoms with E-state index >= 15 is 0 Å². The summed E-state index contributed by atoms with van der Waals surface area (Å²) >= 11 is 5.87. The molecule has 0 unspecified atom stereocenters. The highest BCUT2D eigenvalue weighted by atomic mass is 35.5. The summed E-state index contributed by atoms with van der Waals surface area (Å²) in [7, 11) is 0. The molecule has 132 valence electrons. The van der Waals surface area contributed by atoms with E-state index in [1.807, 2.05) is 59.5 Å². The molecule has 4 nitrogen and oxygen atoms in total. The summed E-state index contributed by atoms with van der Waals surface area (Å²) in [5.41, 5.74) is 0.766. The lowest BCUT2D eigenvalue weighted by molar-refractivity contribution is 0.0760. The maximum atomic E-state index is 12.6. The van der Waals surface area contributed by atoms with Crippen LogP contribution < -0.4 is 4.74 Å². The molecule has 1 heterocycles. The molecule has 1 saturated heterocycles. The Labute approximate surface area is 154 Å². The van der Waals surface area contributed by atoms with Crippen LogP contribution in [-0.4, -0.2) is 55.0 Å². The van der Waals surface area contributed by atoms with Gasteiger partial charge in [-0.2, -0.15) is 0 Å². The van der Waals surface area contributed by atoms with Crippen molar-refractivity contribution in [3.63, 3.8) is 0 Å². The molecule has 5 heteroatoms. The predicted octanol–water partition coefficient (Wildman–Crippen LogP) is 3.57. The maximum Gasteiger partial charge on any atom is 0.253 e. The van der Waals surface area contributed by atoms with Gasteiger partial charge in [-0.15, -0.1) is 0 Å². The van der Waals surface area contributed by atoms with Crippen LogP contribution in [0.25, 0.3) is 0 Å². The van der Waals surface area contributed by atoms with Crippen molar-refractivity contribution in [2.24, 2.45) is 0 Å². The van der Waals surface area contributed by atoms with Crippen LogP contribution in [-0.2, 0) is 0 Å². The van der Waals surface area contributed by atoms with E-state index in [2.05, 4.69) is 4.90 Å². The lowest BCUT2D eigenvalue weighted by Gasteiger charge is -2.22. The summed E-state index contributed by atoms with van der Waals surface area (Å²) < 4.78 is 5.77. The summed E-state index contributed by atoms with van der Waals surface area (Å²) in [5.74, 6) is 0.958. The molecule has 1 aliphatic heterocycles. The van der Waals surface area contributed by atoms with E-state index in [9.17, 15) is 4.79 Å². The van der Waals surface area contributed by atoms with Crippen LogP contribution in [0, 0.1) is 0 Å². The van der Waals surface area contributed by atoms with Gasteiger partial charge >= 0.3 is 0 Å². The molecule has 2 aromatic rings. The van der Waals surface area contributed by atoms with Crippen LogP contribution in [0.15, 0.2) is 54.6 Å². The van der Waals surface area contributed by atoms with Crippen molar-refractivity contribution in [2.45, 2.75) is 6.42 Å². The van der Waals surface area contributed by atoms with E-state index in [1.165, 1.54) is 0 Å². The summed E-state index contributed by atoms with van der Waals surface area (Å²) in [5, 5.41) is 0.711. The Morgan fingerprint density at radius 3 is 2.48 bits per heavy atom. The van der Waals surface area contributed by atoms with Crippen molar-refractivity contribution in [3.8, 4) is 5.75 Å². The van der Waals surface area contributed by atoms with Crippen LogP contribution in [0.5, 0.6) is 5.75 Å². The minimum atomic E-state index is 0.125. The molecule has 0 atom stereocenters. The lowest BCUT2D eigenvalue weighted by atomic mass is 10.2. The molecule has 2 aromatic carbocycles. The number of hydrogen-bond donors (Lipinski definition) is 0. The third-order valence-corrected chi connectivity index (χ3v) is 4.64. The monoisotopic (exact) mass is 358 g/mol. The second-order valence-electron chi connectivity index (χ2n) is 6.16. The highest BCUT2D eigenvalue weighted by molar-refractivity contribution is 6.30. The highest BCUT2D eigenvalue weighted by Gasteiger charge is 2.19. The van der Waals surface area contributed by atoms with Crippen LogP contribution in [0.3, 0.4) is 0 Å². The minimum Gasteiger partial charge on any atom is -0.492 e. The van der Waals surface area contributed by atoms with Crippen molar-refractivity contribution in [2.75, 3.05) is 39.3 Å². The standard InChI is InChI=1S/C20H23ClN2O2/c21-18-7-9-19(10-8-18)25-16-15-22-11-4-12-23(14-13-22)20(24)17-5-2-1-3-6-17/h1-3,5-10H,4,11-16H2. The number of halogens is 1. The first-order valence-corrected chi connectivity index (χ1v) is 9.05. The summed E-state index contributed by atoms with van der Waals surface area (Å²) in [6.45, 7) is 4.92. The molecule has 1 amide bonds. The fourth-order valence-corrected chi connectivity index (χ4v) is 3.11. The van der Waals surface area contributed by atoms with Gasteiger partial charge < -0.3 is 9.64 Å². The Balaban J connectivity index is 1.45. The first kappa shape index (κ1) is 17.8. The topological polar surface area (TPSA) is 32.8 Å². The molecule has 0 aromatic heterocycles. The smallest absolute Gasteiger partial charge is 0.253 e. The number of hydrogen-bond acceptors (Lipinski definition) is 3. The fourth-order valence-electron chi connectivity index (χ4n) is 2.98. The molecule has 25 heavy (non-hydrogen) atoms. The van der Waals surface area contributed by atoms with Crippen LogP contribution in [0.4, 0.5) is 0 Å². The predicted molar refractivity (Wildman–Crippen MR) is 100 cm³/mol. The SMILES string of the molecule is O=C(c1ccccc1)N1CCCN(CCOc2ccc(Cl)cc2)CC1. The average molecular weight is 359 g/mol. The minimum absolute atomic E-state index is 0.125. The number of carbonyl (C=O) groups excluding carboxylic acids is 1. The zero-order chi connectivity index (χ0) is 17.5. The molecule has 0 N–H and O–H groups in total.